The van der Waals surface area contributed by atoms with Gasteiger partial charge in [-0.25, -0.2) is 4.39 Å². The van der Waals surface area contributed by atoms with Crippen molar-refractivity contribution in [3.63, 3.8) is 0 Å². The zero-order valence-electron chi connectivity index (χ0n) is 11.2. The second-order valence-electron chi connectivity index (χ2n) is 5.24. The number of hydrogen-bond donors (Lipinski definition) is 0. The maximum Gasteiger partial charge on any atom is 0.274 e. The SMILES string of the molecule is O=C(c1ccn(Cc2cc(F)ccc2[N+](=O)[O-])c1)C1CC1. The van der Waals surface area contributed by atoms with E-state index in [1.807, 2.05) is 0 Å². The molecule has 0 aliphatic heterocycles. The molecule has 1 aliphatic carbocycles. The summed E-state index contributed by atoms with van der Waals surface area (Å²) < 4.78 is 14.9. The van der Waals surface area contributed by atoms with Gasteiger partial charge in [-0.2, -0.15) is 0 Å². The van der Waals surface area contributed by atoms with E-state index in [9.17, 15) is 19.3 Å². The Morgan fingerprint density at radius 2 is 2.14 bits per heavy atom. The van der Waals surface area contributed by atoms with E-state index in [2.05, 4.69) is 0 Å². The first-order valence-corrected chi connectivity index (χ1v) is 6.67. The van der Waals surface area contributed by atoms with Gasteiger partial charge in [0, 0.05) is 29.9 Å². The van der Waals surface area contributed by atoms with Gasteiger partial charge in [0.15, 0.2) is 5.78 Å². The summed E-state index contributed by atoms with van der Waals surface area (Å²) in [6.07, 6.45) is 5.21. The highest BCUT2D eigenvalue weighted by Crippen LogP contribution is 2.32. The quantitative estimate of drug-likeness (QED) is 0.482. The number of Topliss-reactive ketones (excluding diaryl/α,β-unsaturated/α-hetero) is 1. The lowest BCUT2D eigenvalue weighted by Crippen LogP contribution is -2.03. The first-order valence-electron chi connectivity index (χ1n) is 6.67. The average molecular weight is 288 g/mol. The summed E-state index contributed by atoms with van der Waals surface area (Å²) in [6.45, 7) is 0.159. The van der Waals surface area contributed by atoms with Gasteiger partial charge >= 0.3 is 0 Å². The lowest BCUT2D eigenvalue weighted by molar-refractivity contribution is -0.385. The number of aromatic nitrogens is 1. The summed E-state index contributed by atoms with van der Waals surface area (Å²) in [5.74, 6) is -0.274. The van der Waals surface area contributed by atoms with Crippen molar-refractivity contribution >= 4 is 11.5 Å². The van der Waals surface area contributed by atoms with Crippen molar-refractivity contribution < 1.29 is 14.1 Å². The molecule has 1 aromatic carbocycles. The zero-order chi connectivity index (χ0) is 15.0. The molecule has 1 aromatic heterocycles. The second kappa shape index (κ2) is 5.12. The largest absolute Gasteiger partial charge is 0.349 e. The summed E-state index contributed by atoms with van der Waals surface area (Å²) >= 11 is 0. The molecule has 0 unspecified atom stereocenters. The predicted octanol–water partition coefficient (Wildman–Crippen LogP) is 3.18. The van der Waals surface area contributed by atoms with Gasteiger partial charge < -0.3 is 4.57 Å². The van der Waals surface area contributed by atoms with Crippen LogP contribution >= 0.6 is 0 Å². The normalized spacial score (nSPS) is 14.1. The number of hydrogen-bond acceptors (Lipinski definition) is 3. The Morgan fingerprint density at radius 3 is 2.81 bits per heavy atom. The first-order chi connectivity index (χ1) is 10.0. The van der Waals surface area contributed by atoms with E-state index in [-0.39, 0.29) is 29.5 Å². The highest BCUT2D eigenvalue weighted by atomic mass is 19.1. The van der Waals surface area contributed by atoms with Crippen LogP contribution in [0.2, 0.25) is 0 Å². The monoisotopic (exact) mass is 288 g/mol. The van der Waals surface area contributed by atoms with Gasteiger partial charge in [-0.3, -0.25) is 14.9 Å². The molecule has 0 bridgehead atoms. The van der Waals surface area contributed by atoms with Crippen LogP contribution in [0.25, 0.3) is 0 Å². The predicted molar refractivity (Wildman–Crippen MR) is 73.6 cm³/mol. The molecule has 2 aromatic rings. The van der Waals surface area contributed by atoms with Crippen LogP contribution in [-0.4, -0.2) is 15.3 Å². The van der Waals surface area contributed by atoms with E-state index < -0.39 is 10.7 Å². The summed E-state index contributed by atoms with van der Waals surface area (Å²) in [7, 11) is 0. The molecule has 3 rings (SSSR count). The van der Waals surface area contributed by atoms with Crippen LogP contribution in [0.3, 0.4) is 0 Å². The minimum atomic E-state index is -0.533. The van der Waals surface area contributed by atoms with E-state index in [1.165, 1.54) is 0 Å². The van der Waals surface area contributed by atoms with Crippen molar-refractivity contribution in [3.8, 4) is 0 Å². The van der Waals surface area contributed by atoms with Crippen LogP contribution in [0.4, 0.5) is 10.1 Å². The molecule has 5 nitrogen and oxygen atoms in total. The van der Waals surface area contributed by atoms with Crippen molar-refractivity contribution in [2.24, 2.45) is 5.92 Å². The van der Waals surface area contributed by atoms with Crippen LogP contribution in [-0.2, 0) is 6.54 Å². The highest BCUT2D eigenvalue weighted by Gasteiger charge is 2.30. The molecule has 0 N–H and O–H groups in total. The van der Waals surface area contributed by atoms with Crippen molar-refractivity contribution in [3.05, 3.63) is 63.7 Å². The Labute approximate surface area is 120 Å². The molecule has 0 spiro atoms. The average Bonchev–Trinajstić information content (AvgIpc) is 3.18. The molecule has 6 heteroatoms. The molecule has 1 fully saturated rings. The molecular formula is C15H13FN2O3. The van der Waals surface area contributed by atoms with Crippen molar-refractivity contribution in [2.75, 3.05) is 0 Å². The molecule has 1 heterocycles. The van der Waals surface area contributed by atoms with Crippen molar-refractivity contribution in [1.29, 1.82) is 0 Å². The van der Waals surface area contributed by atoms with Gasteiger partial charge in [-0.15, -0.1) is 0 Å². The standard InChI is InChI=1S/C15H13FN2O3/c16-13-3-4-14(18(20)21)12(7-13)9-17-6-5-11(8-17)15(19)10-1-2-10/h3-8,10H,1-2,9H2. The van der Waals surface area contributed by atoms with E-state index in [1.54, 1.807) is 23.0 Å². The number of nitro benzene ring substituents is 1. The number of halogens is 1. The topological polar surface area (TPSA) is 65.1 Å². The van der Waals surface area contributed by atoms with Crippen LogP contribution in [0.1, 0.15) is 28.8 Å². The Morgan fingerprint density at radius 1 is 1.38 bits per heavy atom. The number of nitro groups is 1. The third-order valence-corrected chi connectivity index (χ3v) is 3.57. The third kappa shape index (κ3) is 2.84. The number of rotatable bonds is 5. The van der Waals surface area contributed by atoms with Crippen molar-refractivity contribution in [2.45, 2.75) is 19.4 Å². The summed E-state index contributed by atoms with van der Waals surface area (Å²) in [5, 5.41) is 11.0. The van der Waals surface area contributed by atoms with Crippen molar-refractivity contribution in [1.82, 2.24) is 4.57 Å². The van der Waals surface area contributed by atoms with Gasteiger partial charge in [-0.05, 0) is 31.0 Å². The maximum atomic E-state index is 13.3. The van der Waals surface area contributed by atoms with Crippen LogP contribution < -0.4 is 0 Å². The maximum absolute atomic E-state index is 13.3. The van der Waals surface area contributed by atoms with E-state index in [0.717, 1.165) is 31.0 Å². The number of carbonyl (C=O) groups excluding carboxylic acids is 1. The fourth-order valence-electron chi connectivity index (χ4n) is 2.32. The second-order valence-corrected chi connectivity index (χ2v) is 5.24. The summed E-state index contributed by atoms with van der Waals surface area (Å²) in [6, 6.07) is 5.08. The Balaban J connectivity index is 1.85. The van der Waals surface area contributed by atoms with E-state index in [0.29, 0.717) is 5.56 Å². The van der Waals surface area contributed by atoms with Crippen LogP contribution in [0, 0.1) is 21.8 Å². The lowest BCUT2D eigenvalue weighted by Gasteiger charge is -2.04. The Hall–Kier alpha value is -2.50. The molecule has 0 radical (unpaired) electrons. The van der Waals surface area contributed by atoms with E-state index >= 15 is 0 Å². The van der Waals surface area contributed by atoms with Crippen LogP contribution in [0.5, 0.6) is 0 Å². The molecule has 21 heavy (non-hydrogen) atoms. The number of ketones is 1. The van der Waals surface area contributed by atoms with Gasteiger partial charge in [-0.1, -0.05) is 0 Å². The molecule has 1 aliphatic rings. The third-order valence-electron chi connectivity index (χ3n) is 3.57. The van der Waals surface area contributed by atoms with E-state index in [4.69, 9.17) is 0 Å². The first kappa shape index (κ1) is 13.5. The number of nitrogens with zero attached hydrogens (tertiary/aromatic N) is 2. The Kier molecular flexibility index (Phi) is 3.29. The molecule has 0 amide bonds. The summed E-state index contributed by atoms with van der Waals surface area (Å²) in [4.78, 5) is 22.3. The minimum Gasteiger partial charge on any atom is -0.349 e. The number of benzene rings is 1. The molecule has 108 valence electrons. The molecule has 0 saturated heterocycles. The fourth-order valence-corrected chi connectivity index (χ4v) is 2.32. The van der Waals surface area contributed by atoms with Gasteiger partial charge in [0.2, 0.25) is 0 Å². The number of carbonyl (C=O) groups is 1. The highest BCUT2D eigenvalue weighted by molar-refractivity contribution is 5.99. The zero-order valence-corrected chi connectivity index (χ0v) is 11.2. The summed E-state index contributed by atoms with van der Waals surface area (Å²) in [5.41, 5.74) is 0.762. The van der Waals surface area contributed by atoms with Crippen LogP contribution in [0.15, 0.2) is 36.7 Å². The van der Waals surface area contributed by atoms with Gasteiger partial charge in [0.05, 0.1) is 17.0 Å². The fraction of sp³-hybridized carbons (Fsp3) is 0.267. The molecular weight excluding hydrogens is 275 g/mol. The smallest absolute Gasteiger partial charge is 0.274 e. The van der Waals surface area contributed by atoms with Gasteiger partial charge in [0.25, 0.3) is 5.69 Å². The minimum absolute atomic E-state index is 0.113. The Bertz CT molecular complexity index is 719. The lowest BCUT2D eigenvalue weighted by atomic mass is 10.1. The molecule has 0 atom stereocenters. The molecule has 1 saturated carbocycles. The van der Waals surface area contributed by atoms with Gasteiger partial charge in [0.1, 0.15) is 5.82 Å².